The summed E-state index contributed by atoms with van der Waals surface area (Å²) in [5.74, 6) is 1.15. The summed E-state index contributed by atoms with van der Waals surface area (Å²) in [4.78, 5) is 18.2. The smallest absolute Gasteiger partial charge is 0.338 e. The van der Waals surface area contributed by atoms with Gasteiger partial charge in [0.2, 0.25) is 11.1 Å². The monoisotopic (exact) mass is 594 g/mol. The van der Waals surface area contributed by atoms with Crippen molar-refractivity contribution in [3.05, 3.63) is 106 Å². The van der Waals surface area contributed by atoms with E-state index in [0.29, 0.717) is 39.4 Å². The Morgan fingerprint density at radius 1 is 1.10 bits per heavy atom. The van der Waals surface area contributed by atoms with Gasteiger partial charge in [-0.05, 0) is 48.1 Å². The molecule has 1 aliphatic rings. The molecule has 0 bridgehead atoms. The Morgan fingerprint density at radius 3 is 2.63 bits per heavy atom. The van der Waals surface area contributed by atoms with E-state index in [1.807, 2.05) is 50.2 Å². The number of hydrogen-bond acceptors (Lipinski definition) is 8. The number of benzene rings is 3. The van der Waals surface area contributed by atoms with Crippen molar-refractivity contribution in [1.82, 2.24) is 14.8 Å². The van der Waals surface area contributed by atoms with Gasteiger partial charge in [0.15, 0.2) is 11.5 Å². The van der Waals surface area contributed by atoms with E-state index in [1.54, 1.807) is 22.9 Å². The Hall–Kier alpha value is -4.02. The van der Waals surface area contributed by atoms with E-state index in [2.05, 4.69) is 10.3 Å². The maximum absolute atomic E-state index is 14.3. The molecular weight excluding hydrogens is 567 g/mol. The van der Waals surface area contributed by atoms with Crippen LogP contribution in [0.3, 0.4) is 0 Å². The second-order valence-electron chi connectivity index (χ2n) is 9.12. The lowest BCUT2D eigenvalue weighted by Gasteiger charge is -2.28. The minimum atomic E-state index is -0.655. The summed E-state index contributed by atoms with van der Waals surface area (Å²) < 4.78 is 33.3. The predicted molar refractivity (Wildman–Crippen MR) is 156 cm³/mol. The van der Waals surface area contributed by atoms with Gasteiger partial charge in [0.25, 0.3) is 0 Å². The molecule has 8 nitrogen and oxygen atoms in total. The molecule has 212 valence electrons. The fraction of sp³-hybridized carbons (Fsp3) is 0.233. The number of thioether (sulfide) groups is 1. The van der Waals surface area contributed by atoms with E-state index in [4.69, 9.17) is 30.9 Å². The number of ether oxygens (including phenoxy) is 3. The fourth-order valence-corrected chi connectivity index (χ4v) is 5.26. The Bertz CT molecular complexity index is 1570. The number of fused-ring (bicyclic) bond motifs is 1. The standard InChI is InChI=1S/C30H28ClFN4O4S/c1-4-41-30-34-29-33-18(2)26(28(37)40-16-19-9-6-5-7-10-19)27(36(29)35-30)20-13-14-24(25(15-20)38-3)39-17-21-22(31)11-8-12-23(21)32/h5-15,27H,4,16-17H2,1-3H3,(H,33,34,35). The van der Waals surface area contributed by atoms with E-state index in [1.165, 1.54) is 31.0 Å². The Balaban J connectivity index is 1.49. The van der Waals surface area contributed by atoms with Crippen LogP contribution in [-0.2, 0) is 22.7 Å². The molecule has 0 spiro atoms. The van der Waals surface area contributed by atoms with Crippen molar-refractivity contribution in [3.63, 3.8) is 0 Å². The number of methoxy groups -OCH3 is 1. The van der Waals surface area contributed by atoms with Gasteiger partial charge in [0.05, 0.1) is 17.7 Å². The molecule has 1 aromatic heterocycles. The van der Waals surface area contributed by atoms with E-state index in [9.17, 15) is 9.18 Å². The van der Waals surface area contributed by atoms with Crippen LogP contribution < -0.4 is 14.8 Å². The first kappa shape index (κ1) is 28.5. The van der Waals surface area contributed by atoms with Gasteiger partial charge in [-0.3, -0.25) is 0 Å². The number of hydrogen-bond donors (Lipinski definition) is 1. The lowest BCUT2D eigenvalue weighted by atomic mass is 9.95. The molecule has 0 saturated heterocycles. The second-order valence-corrected chi connectivity index (χ2v) is 10.8. The molecule has 2 heterocycles. The second kappa shape index (κ2) is 12.7. The SMILES string of the molecule is CCSc1nc2n(n1)C(c1ccc(OCc3c(F)cccc3Cl)c(OC)c1)C(C(=O)OCc1ccccc1)=C(C)N2. The molecule has 4 aromatic rings. The van der Waals surface area contributed by atoms with Crippen LogP contribution >= 0.6 is 23.4 Å². The normalized spacial score (nSPS) is 14.3. The van der Waals surface area contributed by atoms with Gasteiger partial charge in [-0.2, -0.15) is 4.98 Å². The minimum absolute atomic E-state index is 0.0878. The van der Waals surface area contributed by atoms with Gasteiger partial charge in [-0.15, -0.1) is 5.10 Å². The number of nitrogens with one attached hydrogen (secondary N) is 1. The molecule has 0 radical (unpaired) electrons. The highest BCUT2D eigenvalue weighted by Gasteiger charge is 2.36. The summed E-state index contributed by atoms with van der Waals surface area (Å²) in [6.45, 7) is 3.86. The molecular formula is C30H28ClFN4O4S. The minimum Gasteiger partial charge on any atom is -0.493 e. The van der Waals surface area contributed by atoms with Crippen molar-refractivity contribution in [2.45, 2.75) is 38.3 Å². The molecule has 41 heavy (non-hydrogen) atoms. The van der Waals surface area contributed by atoms with Gasteiger partial charge < -0.3 is 19.5 Å². The highest BCUT2D eigenvalue weighted by molar-refractivity contribution is 7.99. The van der Waals surface area contributed by atoms with E-state index >= 15 is 0 Å². The van der Waals surface area contributed by atoms with E-state index in [-0.39, 0.29) is 23.8 Å². The number of rotatable bonds is 10. The van der Waals surface area contributed by atoms with Crippen LogP contribution in [0.25, 0.3) is 0 Å². The molecule has 1 aliphatic heterocycles. The topological polar surface area (TPSA) is 87.5 Å². The Morgan fingerprint density at radius 2 is 1.90 bits per heavy atom. The maximum Gasteiger partial charge on any atom is 0.338 e. The zero-order chi connectivity index (χ0) is 28.9. The number of esters is 1. The van der Waals surface area contributed by atoms with Crippen molar-refractivity contribution >= 4 is 35.3 Å². The molecule has 11 heteroatoms. The van der Waals surface area contributed by atoms with Crippen molar-refractivity contribution in [3.8, 4) is 11.5 Å². The molecule has 0 aliphatic carbocycles. The molecule has 0 amide bonds. The van der Waals surface area contributed by atoms with Gasteiger partial charge in [-0.25, -0.2) is 13.9 Å². The van der Waals surface area contributed by atoms with Gasteiger partial charge in [-0.1, -0.05) is 72.8 Å². The van der Waals surface area contributed by atoms with Crippen LogP contribution in [0.2, 0.25) is 5.02 Å². The third-order valence-corrected chi connectivity index (χ3v) is 7.55. The lowest BCUT2D eigenvalue weighted by molar-refractivity contribution is -0.140. The van der Waals surface area contributed by atoms with E-state index in [0.717, 1.165) is 11.3 Å². The van der Waals surface area contributed by atoms with Gasteiger partial charge in [0, 0.05) is 11.3 Å². The number of anilines is 1. The maximum atomic E-state index is 14.3. The first-order valence-electron chi connectivity index (χ1n) is 12.9. The summed E-state index contributed by atoms with van der Waals surface area (Å²) in [5, 5.41) is 8.76. The Kier molecular flexibility index (Phi) is 8.80. The van der Waals surface area contributed by atoms with Crippen molar-refractivity contribution in [2.24, 2.45) is 0 Å². The average molecular weight is 595 g/mol. The van der Waals surface area contributed by atoms with Crippen molar-refractivity contribution < 1.29 is 23.4 Å². The Labute approximate surface area is 246 Å². The highest BCUT2D eigenvalue weighted by Crippen LogP contribution is 2.40. The third-order valence-electron chi connectivity index (χ3n) is 6.48. The van der Waals surface area contributed by atoms with Crippen molar-refractivity contribution in [2.75, 3.05) is 18.2 Å². The van der Waals surface area contributed by atoms with Crippen LogP contribution in [0.5, 0.6) is 11.5 Å². The average Bonchev–Trinajstić information content (AvgIpc) is 3.37. The molecule has 0 fully saturated rings. The number of carbonyl (C=O) groups is 1. The highest BCUT2D eigenvalue weighted by atomic mass is 35.5. The van der Waals surface area contributed by atoms with Gasteiger partial charge in [0.1, 0.15) is 25.1 Å². The fourth-order valence-electron chi connectivity index (χ4n) is 4.49. The molecule has 5 rings (SSSR count). The number of nitrogens with zero attached hydrogens (tertiary/aromatic N) is 3. The summed E-state index contributed by atoms with van der Waals surface area (Å²) >= 11 is 7.67. The van der Waals surface area contributed by atoms with Crippen LogP contribution in [0.1, 0.15) is 36.6 Å². The number of aromatic nitrogens is 3. The van der Waals surface area contributed by atoms with Crippen LogP contribution in [0.15, 0.2) is 83.2 Å². The predicted octanol–water partition coefficient (Wildman–Crippen LogP) is 6.80. The zero-order valence-electron chi connectivity index (χ0n) is 22.7. The molecule has 3 aromatic carbocycles. The summed E-state index contributed by atoms with van der Waals surface area (Å²) in [6, 6.07) is 18.6. The van der Waals surface area contributed by atoms with E-state index < -0.39 is 17.8 Å². The zero-order valence-corrected chi connectivity index (χ0v) is 24.3. The van der Waals surface area contributed by atoms with Crippen LogP contribution in [0, 0.1) is 5.82 Å². The van der Waals surface area contributed by atoms with Crippen molar-refractivity contribution in [1.29, 1.82) is 0 Å². The number of halogens is 2. The third kappa shape index (κ3) is 6.18. The largest absolute Gasteiger partial charge is 0.493 e. The molecule has 0 saturated carbocycles. The molecule has 1 atom stereocenters. The summed E-state index contributed by atoms with van der Waals surface area (Å²) in [6.07, 6.45) is 0. The van der Waals surface area contributed by atoms with Crippen LogP contribution in [0.4, 0.5) is 10.3 Å². The summed E-state index contributed by atoms with van der Waals surface area (Å²) in [5.41, 5.74) is 2.81. The number of allylic oxidation sites excluding steroid dienone is 1. The first-order valence-corrected chi connectivity index (χ1v) is 14.3. The molecule has 1 unspecified atom stereocenters. The quantitative estimate of drug-likeness (QED) is 0.158. The molecule has 1 N–H and O–H groups in total. The van der Waals surface area contributed by atoms with Gasteiger partial charge >= 0.3 is 5.97 Å². The van der Waals surface area contributed by atoms with Crippen LogP contribution in [-0.4, -0.2) is 33.6 Å². The lowest BCUT2D eigenvalue weighted by Crippen LogP contribution is -2.29. The number of carbonyl (C=O) groups excluding carboxylic acids is 1. The summed E-state index contributed by atoms with van der Waals surface area (Å²) in [7, 11) is 1.51. The first-order chi connectivity index (χ1) is 19.9.